The number of carbonyl (C=O) groups excluding carboxylic acids is 1. The molecule has 0 aliphatic heterocycles. The van der Waals surface area contributed by atoms with Crippen LogP contribution in [0.15, 0.2) is 65.6 Å². The highest BCUT2D eigenvalue weighted by Crippen LogP contribution is 2.17. The van der Waals surface area contributed by atoms with Crippen molar-refractivity contribution in [1.82, 2.24) is 4.57 Å². The molecule has 0 aliphatic carbocycles. The van der Waals surface area contributed by atoms with E-state index in [4.69, 9.17) is 0 Å². The van der Waals surface area contributed by atoms with E-state index >= 15 is 0 Å². The first-order valence-electron chi connectivity index (χ1n) is 7.95. The molecule has 0 atom stereocenters. The van der Waals surface area contributed by atoms with Gasteiger partial charge in [-0.05, 0) is 32.0 Å². The van der Waals surface area contributed by atoms with Crippen LogP contribution in [0, 0.1) is 12.7 Å². The maximum Gasteiger partial charge on any atom is 0.200 e. The van der Waals surface area contributed by atoms with Crippen LogP contribution in [0.1, 0.15) is 28.4 Å². The van der Waals surface area contributed by atoms with E-state index in [1.807, 2.05) is 26.0 Å². The molecule has 2 aromatic carbocycles. The maximum atomic E-state index is 13.7. The van der Waals surface area contributed by atoms with Crippen molar-refractivity contribution >= 4 is 16.7 Å². The van der Waals surface area contributed by atoms with Gasteiger partial charge in [-0.25, -0.2) is 4.39 Å². The molecule has 3 nitrogen and oxygen atoms in total. The summed E-state index contributed by atoms with van der Waals surface area (Å²) < 4.78 is 15.4. The molecule has 0 bridgehead atoms. The Bertz CT molecular complexity index is 1050. The van der Waals surface area contributed by atoms with E-state index in [1.165, 1.54) is 12.1 Å². The van der Waals surface area contributed by atoms with Crippen LogP contribution >= 0.6 is 0 Å². The van der Waals surface area contributed by atoms with Crippen LogP contribution in [0.3, 0.4) is 0 Å². The lowest BCUT2D eigenvalue weighted by molar-refractivity contribution is 0.103. The summed E-state index contributed by atoms with van der Waals surface area (Å²) in [7, 11) is 0. The minimum Gasteiger partial charge on any atom is -0.342 e. The number of pyridine rings is 1. The predicted molar refractivity (Wildman–Crippen MR) is 97.6 cm³/mol. The third-order valence-electron chi connectivity index (χ3n) is 4.04. The summed E-state index contributed by atoms with van der Waals surface area (Å²) in [6.45, 7) is 8.10. The quantitative estimate of drug-likeness (QED) is 0.528. The molecule has 1 aromatic heterocycles. The summed E-state index contributed by atoms with van der Waals surface area (Å²) in [5.74, 6) is -0.877. The first kappa shape index (κ1) is 16.8. The molecule has 0 saturated heterocycles. The Hall–Kier alpha value is -3.01. The smallest absolute Gasteiger partial charge is 0.200 e. The van der Waals surface area contributed by atoms with Crippen LogP contribution in [0.2, 0.25) is 0 Å². The summed E-state index contributed by atoms with van der Waals surface area (Å²) in [5, 5.41) is 0.194. The number of benzene rings is 2. The van der Waals surface area contributed by atoms with Gasteiger partial charge in [-0.3, -0.25) is 9.59 Å². The molecule has 1 heterocycles. The summed E-state index contributed by atoms with van der Waals surface area (Å²) in [6.07, 6.45) is 1.54. The second-order valence-corrected chi connectivity index (χ2v) is 6.31. The number of ketones is 1. The van der Waals surface area contributed by atoms with Crippen molar-refractivity contribution < 1.29 is 9.18 Å². The highest BCUT2D eigenvalue weighted by atomic mass is 19.1. The molecular weight excluding hydrogens is 317 g/mol. The number of hydrogen-bond acceptors (Lipinski definition) is 2. The SMILES string of the molecule is C=C(C)Cn1cc(C(=O)c2ccc(C)cc2)c(=O)c2cc(F)ccc21. The van der Waals surface area contributed by atoms with E-state index in [2.05, 4.69) is 6.58 Å². The standard InChI is InChI=1S/C21H18FNO2/c1-13(2)11-23-12-18(20(24)15-6-4-14(3)5-7-15)21(25)17-10-16(22)8-9-19(17)23/h4-10,12H,1,11H2,2-3H3. The number of fused-ring (bicyclic) bond motifs is 1. The lowest BCUT2D eigenvalue weighted by Crippen LogP contribution is -2.20. The topological polar surface area (TPSA) is 39.1 Å². The number of nitrogens with zero attached hydrogens (tertiary/aromatic N) is 1. The van der Waals surface area contributed by atoms with Crippen LogP contribution in [0.25, 0.3) is 10.9 Å². The van der Waals surface area contributed by atoms with Gasteiger partial charge in [-0.2, -0.15) is 0 Å². The summed E-state index contributed by atoms with van der Waals surface area (Å²) in [6, 6.07) is 11.1. The first-order chi connectivity index (χ1) is 11.9. The molecule has 4 heteroatoms. The Morgan fingerprint density at radius 3 is 2.48 bits per heavy atom. The van der Waals surface area contributed by atoms with E-state index in [-0.39, 0.29) is 16.7 Å². The third kappa shape index (κ3) is 3.29. The zero-order chi connectivity index (χ0) is 18.1. The molecular formula is C21H18FNO2. The Balaban J connectivity index is 2.25. The average Bonchev–Trinajstić information content (AvgIpc) is 2.57. The molecule has 0 N–H and O–H groups in total. The highest BCUT2D eigenvalue weighted by Gasteiger charge is 2.17. The molecule has 0 spiro atoms. The van der Waals surface area contributed by atoms with Crippen molar-refractivity contribution in [2.45, 2.75) is 20.4 Å². The van der Waals surface area contributed by atoms with Gasteiger partial charge in [0.1, 0.15) is 5.82 Å². The zero-order valence-electron chi connectivity index (χ0n) is 14.2. The molecule has 0 amide bonds. The lowest BCUT2D eigenvalue weighted by atomic mass is 10.0. The number of aryl methyl sites for hydroxylation is 1. The van der Waals surface area contributed by atoms with Gasteiger partial charge in [0, 0.05) is 23.7 Å². The van der Waals surface area contributed by atoms with Gasteiger partial charge in [0.2, 0.25) is 5.43 Å². The Morgan fingerprint density at radius 2 is 1.84 bits per heavy atom. The maximum absolute atomic E-state index is 13.7. The normalized spacial score (nSPS) is 10.8. The largest absolute Gasteiger partial charge is 0.342 e. The fourth-order valence-electron chi connectivity index (χ4n) is 2.81. The molecule has 126 valence electrons. The Labute approximate surface area is 145 Å². The van der Waals surface area contributed by atoms with Gasteiger partial charge in [-0.15, -0.1) is 0 Å². The number of rotatable bonds is 4. The summed E-state index contributed by atoms with van der Waals surface area (Å²) in [5.41, 5.74) is 2.47. The number of allylic oxidation sites excluding steroid dienone is 1. The van der Waals surface area contributed by atoms with Crippen molar-refractivity contribution in [3.05, 3.63) is 93.5 Å². The molecule has 3 aromatic rings. The van der Waals surface area contributed by atoms with Gasteiger partial charge in [0.25, 0.3) is 0 Å². The summed E-state index contributed by atoms with van der Waals surface area (Å²) >= 11 is 0. The molecule has 0 aliphatic rings. The van der Waals surface area contributed by atoms with Crippen LogP contribution in [0.5, 0.6) is 0 Å². The molecule has 0 saturated carbocycles. The predicted octanol–water partition coefficient (Wildman–Crippen LogP) is 4.26. The fourth-order valence-corrected chi connectivity index (χ4v) is 2.81. The van der Waals surface area contributed by atoms with Gasteiger partial charge < -0.3 is 4.57 Å². The van der Waals surface area contributed by atoms with Gasteiger partial charge in [0.15, 0.2) is 5.78 Å². The first-order valence-corrected chi connectivity index (χ1v) is 7.95. The lowest BCUT2D eigenvalue weighted by Gasteiger charge is -2.13. The van der Waals surface area contributed by atoms with E-state index in [9.17, 15) is 14.0 Å². The number of hydrogen-bond donors (Lipinski definition) is 0. The summed E-state index contributed by atoms with van der Waals surface area (Å²) in [4.78, 5) is 25.6. The van der Waals surface area contributed by atoms with E-state index in [0.717, 1.165) is 11.1 Å². The minimum atomic E-state index is -0.508. The second kappa shape index (κ2) is 6.48. The van der Waals surface area contributed by atoms with Crippen molar-refractivity contribution in [2.75, 3.05) is 0 Å². The average molecular weight is 335 g/mol. The molecule has 0 radical (unpaired) electrons. The van der Waals surface area contributed by atoms with Crippen LogP contribution in [-0.2, 0) is 6.54 Å². The minimum absolute atomic E-state index is 0.0307. The number of halogens is 1. The Morgan fingerprint density at radius 1 is 1.16 bits per heavy atom. The van der Waals surface area contributed by atoms with Crippen molar-refractivity contribution in [2.24, 2.45) is 0 Å². The van der Waals surface area contributed by atoms with Gasteiger partial charge >= 0.3 is 0 Å². The molecule has 0 fully saturated rings. The van der Waals surface area contributed by atoms with Crippen LogP contribution in [-0.4, -0.2) is 10.4 Å². The van der Waals surface area contributed by atoms with Gasteiger partial charge in [-0.1, -0.05) is 42.0 Å². The van der Waals surface area contributed by atoms with Gasteiger partial charge in [0.05, 0.1) is 11.1 Å². The third-order valence-corrected chi connectivity index (χ3v) is 4.04. The Kier molecular flexibility index (Phi) is 4.36. The van der Waals surface area contributed by atoms with Crippen molar-refractivity contribution in [3.8, 4) is 0 Å². The van der Waals surface area contributed by atoms with Crippen LogP contribution < -0.4 is 5.43 Å². The molecule has 0 unspecified atom stereocenters. The highest BCUT2D eigenvalue weighted by molar-refractivity contribution is 6.10. The van der Waals surface area contributed by atoms with E-state index < -0.39 is 11.2 Å². The number of carbonyl (C=O) groups is 1. The number of aromatic nitrogens is 1. The molecule has 3 rings (SSSR count). The van der Waals surface area contributed by atoms with E-state index in [0.29, 0.717) is 17.6 Å². The monoisotopic (exact) mass is 335 g/mol. The van der Waals surface area contributed by atoms with E-state index in [1.54, 1.807) is 29.0 Å². The fraction of sp³-hybridized carbons (Fsp3) is 0.143. The van der Waals surface area contributed by atoms with Crippen LogP contribution in [0.4, 0.5) is 4.39 Å². The second-order valence-electron chi connectivity index (χ2n) is 6.31. The van der Waals surface area contributed by atoms with Crippen molar-refractivity contribution in [1.29, 1.82) is 0 Å². The zero-order valence-corrected chi connectivity index (χ0v) is 14.2. The molecule has 25 heavy (non-hydrogen) atoms. The van der Waals surface area contributed by atoms with Crippen molar-refractivity contribution in [3.63, 3.8) is 0 Å².